The molecule has 1 saturated carbocycles. The number of hydrogen-bond acceptors (Lipinski definition) is 5. The van der Waals surface area contributed by atoms with Gasteiger partial charge < -0.3 is 9.88 Å². The Bertz CT molecular complexity index is 711. The second kappa shape index (κ2) is 7.31. The van der Waals surface area contributed by atoms with Crippen LogP contribution in [-0.2, 0) is 17.9 Å². The molecule has 1 aliphatic carbocycles. The molecule has 0 bridgehead atoms. The molecule has 1 unspecified atom stereocenters. The maximum Gasteiger partial charge on any atom is 0.237 e. The van der Waals surface area contributed by atoms with E-state index in [0.717, 1.165) is 43.7 Å². The van der Waals surface area contributed by atoms with E-state index >= 15 is 0 Å². The molecule has 2 aromatic heterocycles. The maximum atomic E-state index is 12.8. The van der Waals surface area contributed by atoms with Crippen LogP contribution >= 0.6 is 0 Å². The highest BCUT2D eigenvalue weighted by atomic mass is 16.2. The van der Waals surface area contributed by atoms with Crippen molar-refractivity contribution in [1.82, 2.24) is 30.0 Å². The molecule has 0 aromatic carbocycles. The van der Waals surface area contributed by atoms with E-state index in [1.165, 1.54) is 12.8 Å². The first-order chi connectivity index (χ1) is 12.3. The molecule has 2 aliphatic rings. The number of hydrogen-bond donors (Lipinski definition) is 1. The van der Waals surface area contributed by atoms with E-state index in [1.54, 1.807) is 12.5 Å². The SMILES string of the molecule is O=C(NCc1nncn1C1CC1)C1CCCCN1Cc1cccnc1. The first-order valence-corrected chi connectivity index (χ1v) is 9.10. The monoisotopic (exact) mass is 340 g/mol. The smallest absolute Gasteiger partial charge is 0.237 e. The lowest BCUT2D eigenvalue weighted by Gasteiger charge is -2.34. The number of rotatable bonds is 6. The Morgan fingerprint density at radius 3 is 3.00 bits per heavy atom. The summed E-state index contributed by atoms with van der Waals surface area (Å²) in [7, 11) is 0. The van der Waals surface area contributed by atoms with Crippen LogP contribution in [0.3, 0.4) is 0 Å². The number of amides is 1. The summed E-state index contributed by atoms with van der Waals surface area (Å²) >= 11 is 0. The molecule has 1 aliphatic heterocycles. The van der Waals surface area contributed by atoms with Crippen LogP contribution in [0.2, 0.25) is 0 Å². The Morgan fingerprint density at radius 2 is 2.20 bits per heavy atom. The minimum Gasteiger partial charge on any atom is -0.347 e. The summed E-state index contributed by atoms with van der Waals surface area (Å²) in [6, 6.07) is 4.46. The van der Waals surface area contributed by atoms with Crippen LogP contribution in [0.5, 0.6) is 0 Å². The number of nitrogens with one attached hydrogen (secondary N) is 1. The summed E-state index contributed by atoms with van der Waals surface area (Å²) in [5.41, 5.74) is 1.15. The minimum atomic E-state index is -0.0775. The largest absolute Gasteiger partial charge is 0.347 e. The predicted molar refractivity (Wildman–Crippen MR) is 92.4 cm³/mol. The second-order valence-corrected chi connectivity index (χ2v) is 6.95. The van der Waals surface area contributed by atoms with Gasteiger partial charge in [0.05, 0.1) is 12.6 Å². The van der Waals surface area contributed by atoms with Gasteiger partial charge in [-0.3, -0.25) is 14.7 Å². The lowest BCUT2D eigenvalue weighted by Crippen LogP contribution is -2.49. The molecule has 1 atom stereocenters. The number of carbonyl (C=O) groups excluding carboxylic acids is 1. The van der Waals surface area contributed by atoms with Crippen molar-refractivity contribution >= 4 is 5.91 Å². The van der Waals surface area contributed by atoms with Gasteiger partial charge in [-0.1, -0.05) is 12.5 Å². The number of nitrogens with zero attached hydrogens (tertiary/aromatic N) is 5. The highest BCUT2D eigenvalue weighted by molar-refractivity contribution is 5.81. The molecule has 1 saturated heterocycles. The highest BCUT2D eigenvalue weighted by Crippen LogP contribution is 2.35. The van der Waals surface area contributed by atoms with Gasteiger partial charge in [-0.25, -0.2) is 0 Å². The molecule has 7 nitrogen and oxygen atoms in total. The van der Waals surface area contributed by atoms with E-state index < -0.39 is 0 Å². The molecule has 2 fully saturated rings. The van der Waals surface area contributed by atoms with Crippen LogP contribution in [-0.4, -0.2) is 43.1 Å². The van der Waals surface area contributed by atoms with E-state index in [1.807, 2.05) is 12.3 Å². The van der Waals surface area contributed by atoms with Gasteiger partial charge in [0.25, 0.3) is 0 Å². The number of pyridine rings is 1. The van der Waals surface area contributed by atoms with Gasteiger partial charge >= 0.3 is 0 Å². The van der Waals surface area contributed by atoms with Crippen molar-refractivity contribution in [1.29, 1.82) is 0 Å². The third-order valence-electron chi connectivity index (χ3n) is 5.03. The first kappa shape index (κ1) is 16.2. The summed E-state index contributed by atoms with van der Waals surface area (Å²) in [5, 5.41) is 11.2. The number of likely N-dealkylation sites (tertiary alicyclic amines) is 1. The Hall–Kier alpha value is -2.28. The van der Waals surface area contributed by atoms with Gasteiger partial charge in [-0.05, 0) is 43.9 Å². The summed E-state index contributed by atoms with van der Waals surface area (Å²) in [4.78, 5) is 19.2. The van der Waals surface area contributed by atoms with Gasteiger partial charge in [0.15, 0.2) is 5.82 Å². The minimum absolute atomic E-state index is 0.0775. The van der Waals surface area contributed by atoms with E-state index in [0.29, 0.717) is 12.6 Å². The summed E-state index contributed by atoms with van der Waals surface area (Å²) < 4.78 is 2.09. The summed E-state index contributed by atoms with van der Waals surface area (Å²) in [6.07, 6.45) is 10.9. The fraction of sp³-hybridized carbons (Fsp3) is 0.556. The quantitative estimate of drug-likeness (QED) is 0.866. The van der Waals surface area contributed by atoms with Crippen LogP contribution in [0.1, 0.15) is 49.5 Å². The van der Waals surface area contributed by atoms with Crippen LogP contribution in [0, 0.1) is 0 Å². The zero-order chi connectivity index (χ0) is 17.1. The van der Waals surface area contributed by atoms with Crippen molar-refractivity contribution in [3.63, 3.8) is 0 Å². The van der Waals surface area contributed by atoms with E-state index in [4.69, 9.17) is 0 Å². The van der Waals surface area contributed by atoms with Crippen molar-refractivity contribution < 1.29 is 4.79 Å². The number of aromatic nitrogens is 4. The third kappa shape index (κ3) is 3.87. The molecular weight excluding hydrogens is 316 g/mol. The molecule has 0 spiro atoms. The molecule has 132 valence electrons. The lowest BCUT2D eigenvalue weighted by atomic mass is 10.0. The second-order valence-electron chi connectivity index (χ2n) is 6.95. The molecule has 25 heavy (non-hydrogen) atoms. The Morgan fingerprint density at radius 1 is 1.28 bits per heavy atom. The van der Waals surface area contributed by atoms with E-state index in [2.05, 4.69) is 36.0 Å². The standard InChI is InChI=1S/C18H24N6O/c25-18(20-11-17-22-21-13-24(17)15-6-7-15)16-5-1-2-9-23(16)12-14-4-3-8-19-10-14/h3-4,8,10,13,15-16H,1-2,5-7,9,11-12H2,(H,20,25). The molecule has 7 heteroatoms. The average Bonchev–Trinajstić information content (AvgIpc) is 3.39. The molecule has 3 heterocycles. The number of carbonyl (C=O) groups is 1. The van der Waals surface area contributed by atoms with Crippen molar-refractivity contribution in [2.45, 2.75) is 57.3 Å². The zero-order valence-corrected chi connectivity index (χ0v) is 14.3. The lowest BCUT2D eigenvalue weighted by molar-refractivity contribution is -0.128. The molecule has 4 rings (SSSR count). The van der Waals surface area contributed by atoms with E-state index in [9.17, 15) is 4.79 Å². The van der Waals surface area contributed by atoms with Crippen LogP contribution in [0.25, 0.3) is 0 Å². The Balaban J connectivity index is 1.37. The zero-order valence-electron chi connectivity index (χ0n) is 14.3. The fourth-order valence-corrected chi connectivity index (χ4v) is 3.54. The van der Waals surface area contributed by atoms with Crippen molar-refractivity contribution in [2.24, 2.45) is 0 Å². The molecule has 0 radical (unpaired) electrons. The molecule has 1 N–H and O–H groups in total. The maximum absolute atomic E-state index is 12.8. The molecule has 1 amide bonds. The molecular formula is C18H24N6O. The van der Waals surface area contributed by atoms with Crippen molar-refractivity contribution in [2.75, 3.05) is 6.54 Å². The van der Waals surface area contributed by atoms with Gasteiger partial charge in [0, 0.05) is 25.0 Å². The summed E-state index contributed by atoms with van der Waals surface area (Å²) in [6.45, 7) is 2.17. The Labute approximate surface area is 147 Å². The predicted octanol–water partition coefficient (Wildman–Crippen LogP) is 1.68. The van der Waals surface area contributed by atoms with Gasteiger partial charge in [0.1, 0.15) is 6.33 Å². The first-order valence-electron chi connectivity index (χ1n) is 9.10. The summed E-state index contributed by atoms with van der Waals surface area (Å²) in [5.74, 6) is 0.944. The highest BCUT2D eigenvalue weighted by Gasteiger charge is 2.30. The topological polar surface area (TPSA) is 75.9 Å². The molecule has 2 aromatic rings. The van der Waals surface area contributed by atoms with Gasteiger partial charge in [-0.2, -0.15) is 0 Å². The van der Waals surface area contributed by atoms with Crippen LogP contribution in [0.15, 0.2) is 30.9 Å². The average molecular weight is 340 g/mol. The van der Waals surface area contributed by atoms with Crippen molar-refractivity contribution in [3.8, 4) is 0 Å². The normalized spacial score (nSPS) is 21.2. The Kier molecular flexibility index (Phi) is 4.74. The van der Waals surface area contributed by atoms with Gasteiger partial charge in [-0.15, -0.1) is 10.2 Å². The third-order valence-corrected chi connectivity index (χ3v) is 5.03. The van der Waals surface area contributed by atoms with Crippen LogP contribution in [0.4, 0.5) is 0 Å². The van der Waals surface area contributed by atoms with Crippen molar-refractivity contribution in [3.05, 3.63) is 42.2 Å². The van der Waals surface area contributed by atoms with Crippen LogP contribution < -0.4 is 5.32 Å². The van der Waals surface area contributed by atoms with Gasteiger partial charge in [0.2, 0.25) is 5.91 Å². The van der Waals surface area contributed by atoms with E-state index in [-0.39, 0.29) is 11.9 Å². The number of piperidine rings is 1. The fourth-order valence-electron chi connectivity index (χ4n) is 3.54.